The minimum atomic E-state index is -0.806. The van der Waals surface area contributed by atoms with E-state index in [9.17, 15) is 18.4 Å². The van der Waals surface area contributed by atoms with Crippen molar-refractivity contribution in [2.24, 2.45) is 5.92 Å². The molecule has 102 valence electrons. The Morgan fingerprint density at radius 1 is 1.32 bits per heavy atom. The molecule has 0 aromatic heterocycles. The Hall–Kier alpha value is -1.50. The van der Waals surface area contributed by atoms with Crippen LogP contribution in [0.1, 0.15) is 10.4 Å². The minimum absolute atomic E-state index is 0.147. The number of hydrogen-bond acceptors (Lipinski definition) is 3. The highest BCUT2D eigenvalue weighted by atomic mass is 79.9. The molecule has 1 amide bonds. The molecule has 0 radical (unpaired) electrons. The topological polar surface area (TPSA) is 46.6 Å². The second kappa shape index (κ2) is 5.24. The third kappa shape index (κ3) is 2.47. The Labute approximate surface area is 116 Å². The van der Waals surface area contributed by atoms with Crippen molar-refractivity contribution in [2.75, 3.05) is 20.2 Å². The molecular weight excluding hydrogens is 324 g/mol. The Morgan fingerprint density at radius 2 is 1.89 bits per heavy atom. The second-order valence-electron chi connectivity index (χ2n) is 4.15. The van der Waals surface area contributed by atoms with Crippen LogP contribution in [-0.2, 0) is 9.53 Å². The van der Waals surface area contributed by atoms with Gasteiger partial charge in [-0.1, -0.05) is 0 Å². The fourth-order valence-electron chi connectivity index (χ4n) is 1.84. The number of methoxy groups -OCH3 is 1. The Bertz CT molecular complexity index is 544. The van der Waals surface area contributed by atoms with Crippen LogP contribution in [-0.4, -0.2) is 37.0 Å². The summed E-state index contributed by atoms with van der Waals surface area (Å²) in [6.07, 6.45) is 0. The van der Waals surface area contributed by atoms with Crippen molar-refractivity contribution in [3.05, 3.63) is 33.8 Å². The first-order valence-corrected chi connectivity index (χ1v) is 6.25. The molecule has 0 aliphatic carbocycles. The molecule has 7 heteroatoms. The molecule has 1 heterocycles. The number of benzene rings is 1. The third-order valence-electron chi connectivity index (χ3n) is 2.96. The molecule has 1 aliphatic rings. The van der Waals surface area contributed by atoms with E-state index in [0.717, 1.165) is 12.1 Å². The van der Waals surface area contributed by atoms with Crippen LogP contribution in [0, 0.1) is 17.6 Å². The van der Waals surface area contributed by atoms with E-state index in [1.807, 2.05) is 0 Å². The number of carbonyl (C=O) groups is 2. The fraction of sp³-hybridized carbons (Fsp3) is 0.333. The van der Waals surface area contributed by atoms with Gasteiger partial charge in [-0.25, -0.2) is 8.78 Å². The van der Waals surface area contributed by atoms with E-state index in [4.69, 9.17) is 0 Å². The van der Waals surface area contributed by atoms with Crippen LogP contribution in [0.2, 0.25) is 0 Å². The molecule has 1 saturated heterocycles. The van der Waals surface area contributed by atoms with Crippen molar-refractivity contribution in [1.29, 1.82) is 0 Å². The third-order valence-corrected chi connectivity index (χ3v) is 3.74. The molecule has 0 unspecified atom stereocenters. The van der Waals surface area contributed by atoms with Crippen LogP contribution < -0.4 is 0 Å². The summed E-state index contributed by atoms with van der Waals surface area (Å²) in [6, 6.07) is 1.83. The Balaban J connectivity index is 2.15. The number of nitrogens with zero attached hydrogens (tertiary/aromatic N) is 1. The molecule has 0 saturated carbocycles. The summed E-state index contributed by atoms with van der Waals surface area (Å²) in [4.78, 5) is 24.5. The lowest BCUT2D eigenvalue weighted by molar-refractivity contribution is -0.149. The summed E-state index contributed by atoms with van der Waals surface area (Å²) in [7, 11) is 1.26. The Morgan fingerprint density at radius 3 is 2.47 bits per heavy atom. The number of likely N-dealkylation sites (tertiary alicyclic amines) is 1. The molecule has 4 nitrogen and oxygen atoms in total. The zero-order valence-corrected chi connectivity index (χ0v) is 11.5. The number of esters is 1. The highest BCUT2D eigenvalue weighted by Gasteiger charge is 2.38. The maximum Gasteiger partial charge on any atom is 0.312 e. The quantitative estimate of drug-likeness (QED) is 0.614. The highest BCUT2D eigenvalue weighted by molar-refractivity contribution is 9.10. The van der Waals surface area contributed by atoms with Crippen LogP contribution in [0.15, 0.2) is 16.6 Å². The van der Waals surface area contributed by atoms with Crippen molar-refractivity contribution in [1.82, 2.24) is 4.90 Å². The average Bonchev–Trinajstić information content (AvgIpc) is 2.32. The molecule has 1 aromatic carbocycles. The average molecular weight is 334 g/mol. The number of halogens is 3. The van der Waals surface area contributed by atoms with Crippen LogP contribution in [0.5, 0.6) is 0 Å². The fourth-order valence-corrected chi connectivity index (χ4v) is 2.33. The molecule has 0 N–H and O–H groups in total. The summed E-state index contributed by atoms with van der Waals surface area (Å²) in [5.41, 5.74) is -0.358. The van der Waals surface area contributed by atoms with Crippen LogP contribution in [0.4, 0.5) is 8.78 Å². The van der Waals surface area contributed by atoms with Crippen molar-refractivity contribution in [3.63, 3.8) is 0 Å². The maximum atomic E-state index is 13.6. The standard InChI is InChI=1S/C12H10BrF2NO3/c1-19-12(18)6-4-16(5-6)11(17)9-7(14)2-3-8(15)10(9)13/h2-3,6H,4-5H2,1H3. The van der Waals surface area contributed by atoms with Gasteiger partial charge in [0.25, 0.3) is 5.91 Å². The van der Waals surface area contributed by atoms with Gasteiger partial charge in [-0.3, -0.25) is 9.59 Å². The molecular formula is C12H10BrF2NO3. The number of rotatable bonds is 2. The molecule has 2 rings (SSSR count). The molecule has 1 aromatic rings. The van der Waals surface area contributed by atoms with Gasteiger partial charge in [-0.15, -0.1) is 0 Å². The zero-order valence-electron chi connectivity index (χ0n) is 9.95. The first-order valence-electron chi connectivity index (χ1n) is 5.46. The first-order chi connectivity index (χ1) is 8.95. The summed E-state index contributed by atoms with van der Waals surface area (Å²) in [5, 5.41) is 0. The summed E-state index contributed by atoms with van der Waals surface area (Å²) in [6.45, 7) is 0.293. The van der Waals surface area contributed by atoms with E-state index in [1.165, 1.54) is 12.0 Å². The van der Waals surface area contributed by atoms with Gasteiger partial charge in [0.1, 0.15) is 11.6 Å². The Kier molecular flexibility index (Phi) is 3.84. The summed E-state index contributed by atoms with van der Waals surface area (Å²) >= 11 is 2.86. The van der Waals surface area contributed by atoms with Crippen molar-refractivity contribution in [2.45, 2.75) is 0 Å². The number of carbonyl (C=O) groups excluding carboxylic acids is 2. The van der Waals surface area contributed by atoms with Gasteiger partial charge < -0.3 is 9.64 Å². The zero-order chi connectivity index (χ0) is 14.2. The smallest absolute Gasteiger partial charge is 0.312 e. The lowest BCUT2D eigenvalue weighted by Gasteiger charge is -2.37. The van der Waals surface area contributed by atoms with Gasteiger partial charge >= 0.3 is 5.97 Å². The molecule has 1 aliphatic heterocycles. The van der Waals surface area contributed by atoms with Gasteiger partial charge in [0.15, 0.2) is 0 Å². The molecule has 19 heavy (non-hydrogen) atoms. The normalized spacial score (nSPS) is 15.1. The number of amides is 1. The van der Waals surface area contributed by atoms with Crippen molar-refractivity contribution in [3.8, 4) is 0 Å². The van der Waals surface area contributed by atoms with Gasteiger partial charge in [-0.2, -0.15) is 0 Å². The molecule has 0 bridgehead atoms. The highest BCUT2D eigenvalue weighted by Crippen LogP contribution is 2.27. The predicted octanol–water partition coefficient (Wildman–Crippen LogP) is 1.97. The predicted molar refractivity (Wildman–Crippen MR) is 65.5 cm³/mol. The first kappa shape index (κ1) is 13.9. The largest absolute Gasteiger partial charge is 0.469 e. The van der Waals surface area contributed by atoms with Gasteiger partial charge in [0, 0.05) is 13.1 Å². The molecule has 1 fully saturated rings. The van der Waals surface area contributed by atoms with Crippen LogP contribution in [0.3, 0.4) is 0 Å². The van der Waals surface area contributed by atoms with Gasteiger partial charge in [0.2, 0.25) is 0 Å². The van der Waals surface area contributed by atoms with E-state index in [1.54, 1.807) is 0 Å². The monoisotopic (exact) mass is 333 g/mol. The molecule has 0 spiro atoms. The van der Waals surface area contributed by atoms with E-state index < -0.39 is 29.4 Å². The van der Waals surface area contributed by atoms with E-state index in [2.05, 4.69) is 20.7 Å². The van der Waals surface area contributed by atoms with Crippen molar-refractivity contribution >= 4 is 27.8 Å². The minimum Gasteiger partial charge on any atom is -0.469 e. The SMILES string of the molecule is COC(=O)C1CN(C(=O)c2c(F)ccc(F)c2Br)C1. The second-order valence-corrected chi connectivity index (χ2v) is 4.94. The lowest BCUT2D eigenvalue weighted by atomic mass is 9.99. The van der Waals surface area contributed by atoms with Crippen molar-refractivity contribution < 1.29 is 23.1 Å². The van der Waals surface area contributed by atoms with E-state index in [-0.39, 0.29) is 23.1 Å². The number of hydrogen-bond donors (Lipinski definition) is 0. The van der Waals surface area contributed by atoms with E-state index >= 15 is 0 Å². The lowest BCUT2D eigenvalue weighted by Crippen LogP contribution is -2.53. The van der Waals surface area contributed by atoms with Crippen LogP contribution >= 0.6 is 15.9 Å². The summed E-state index contributed by atoms with van der Waals surface area (Å²) in [5.74, 6) is -2.98. The van der Waals surface area contributed by atoms with Gasteiger partial charge in [-0.05, 0) is 28.1 Å². The summed E-state index contributed by atoms with van der Waals surface area (Å²) < 4.78 is 31.2. The maximum absolute atomic E-state index is 13.6. The van der Waals surface area contributed by atoms with Crippen LogP contribution in [0.25, 0.3) is 0 Å². The van der Waals surface area contributed by atoms with Gasteiger partial charge in [0.05, 0.1) is 23.1 Å². The number of ether oxygens (including phenoxy) is 1. The van der Waals surface area contributed by atoms with E-state index in [0.29, 0.717) is 0 Å². The molecule has 0 atom stereocenters.